The van der Waals surface area contributed by atoms with E-state index in [-0.39, 0.29) is 0 Å². The Labute approximate surface area is 48.5 Å². The molecule has 2 heteroatoms. The average Bonchev–Trinajstić information content (AvgIpc) is 1.72. The maximum Gasteiger partial charge on any atom is -0.282 e. The smallest absolute Gasteiger partial charge is 0.282 e. The fourth-order valence-corrected chi connectivity index (χ4v) is 0. The number of hydrogen-bond acceptors (Lipinski definition) is 1. The molecule has 1 nitrogen and oxygen atoms in total. The molecule has 0 spiro atoms. The topological polar surface area (TPSA) is 17.1 Å². The van der Waals surface area contributed by atoms with Crippen LogP contribution in [0, 0.1) is 6.58 Å². The van der Waals surface area contributed by atoms with Crippen LogP contribution in [0.25, 0.3) is 0 Å². The van der Waals surface area contributed by atoms with Gasteiger partial charge in [-0.3, -0.25) is 6.79 Å². The van der Waals surface area contributed by atoms with E-state index < -0.39 is 0 Å². The summed E-state index contributed by atoms with van der Waals surface area (Å²) in [7, 11) is 0. The predicted octanol–water partition coefficient (Wildman–Crippen LogP) is 0.0505. The van der Waals surface area contributed by atoms with Crippen LogP contribution < -0.4 is 0 Å². The molecule has 0 amide bonds. The first-order chi connectivity index (χ1) is 2.91. The van der Waals surface area contributed by atoms with E-state index in [0.29, 0.717) is 0 Å². The van der Waals surface area contributed by atoms with Crippen LogP contribution in [0.4, 0.5) is 0 Å². The van der Waals surface area contributed by atoms with Crippen molar-refractivity contribution in [3.63, 3.8) is 0 Å². The molecular weight excluding hydrogens is 248 g/mol. The van der Waals surface area contributed by atoms with Gasteiger partial charge in [0.2, 0.25) is 0 Å². The summed E-state index contributed by atoms with van der Waals surface area (Å²) in [5.41, 5.74) is 0. The third kappa shape index (κ3) is 37.3. The molecule has 0 saturated heterocycles. The molecule has 0 atom stereocenters. The standard InChI is InChI=1S/C3H3.CHO.W/c1-3-2;1-2;/h1-3H;1H;/q2*-1;. The van der Waals surface area contributed by atoms with Gasteiger partial charge in [-0.15, -0.1) is 0 Å². The van der Waals surface area contributed by atoms with Crippen LogP contribution >= 0.6 is 0 Å². The number of rotatable bonds is 1. The summed E-state index contributed by atoms with van der Waals surface area (Å²) in [6.45, 7) is 8.12. The molecule has 0 rings (SSSR count). The first kappa shape index (κ1) is 9.36. The minimum absolute atomic E-state index is 1.40. The van der Waals surface area contributed by atoms with Crippen LogP contribution in [0.2, 0.25) is 0 Å². The molecule has 0 aromatic heterocycles. The van der Waals surface area contributed by atoms with Gasteiger partial charge in [-0.05, 0) is 0 Å². The quantitative estimate of drug-likeness (QED) is 0.476. The normalized spacial score (nSPS) is 4.00. The van der Waals surface area contributed by atoms with Crippen LogP contribution in [0.15, 0.2) is 6.08 Å². The van der Waals surface area contributed by atoms with Gasteiger partial charge in [-0.1, -0.05) is 0 Å². The van der Waals surface area contributed by atoms with E-state index in [2.05, 4.69) is 6.79 Å². The van der Waals surface area contributed by atoms with Crippen LogP contribution in [0.5, 0.6) is 0 Å². The number of allylic oxidation sites excluding steroid dienone is 1. The summed E-state index contributed by atoms with van der Waals surface area (Å²) in [4.78, 5) is 7.75. The number of carbonyl (C=O) groups excluding carboxylic acids is 1. The Hall–Kier alpha value is -0.0317. The molecule has 0 radical (unpaired) electrons. The average molecular weight is 252 g/mol. The second-order valence-corrected chi connectivity index (χ2v) is 1.31. The van der Waals surface area contributed by atoms with Gasteiger partial charge in [0.05, 0.1) is 0 Å². The third-order valence-corrected chi connectivity index (χ3v) is 0.643. The van der Waals surface area contributed by atoms with E-state index in [1.807, 2.05) is 4.40 Å². The summed E-state index contributed by atoms with van der Waals surface area (Å²) in [5.74, 6) is 0. The molecule has 0 saturated carbocycles. The van der Waals surface area contributed by atoms with E-state index in [4.69, 9.17) is 11.4 Å². The molecule has 34 valence electrons. The number of hydrogen-bond donors (Lipinski definition) is 0. The molecule has 0 aliphatic carbocycles. The summed E-state index contributed by atoms with van der Waals surface area (Å²) in [6.07, 6.45) is 1.54. The van der Waals surface area contributed by atoms with Crippen LogP contribution in [0.3, 0.4) is 0 Å². The van der Waals surface area contributed by atoms with Crippen LogP contribution in [-0.4, -0.2) is 11.2 Å². The Balaban J connectivity index is 0. The fraction of sp³-hybridized carbons (Fsp3) is 0. The van der Waals surface area contributed by atoms with Crippen molar-refractivity contribution in [1.82, 2.24) is 0 Å². The van der Waals surface area contributed by atoms with Crippen molar-refractivity contribution in [2.75, 3.05) is 0 Å². The minimum atomic E-state index is 1.40. The van der Waals surface area contributed by atoms with Gasteiger partial charge in [0.1, 0.15) is 0 Å². The largest absolute Gasteiger partial charge is 0.545 e. The molecule has 0 N–H and O–H groups in total. The molecule has 0 unspecified atom stereocenters. The summed E-state index contributed by atoms with van der Waals surface area (Å²) < 4.78 is 1.86. The molecule has 0 fully saturated rings. The van der Waals surface area contributed by atoms with E-state index in [1.165, 1.54) is 25.4 Å². The zero-order chi connectivity index (χ0) is 5.41. The van der Waals surface area contributed by atoms with Crippen LogP contribution in [0.1, 0.15) is 0 Å². The van der Waals surface area contributed by atoms with Gasteiger partial charge >= 0.3 is 36.4 Å². The van der Waals surface area contributed by atoms with Gasteiger partial charge in [0.15, 0.2) is 0 Å². The zero-order valence-electron chi connectivity index (χ0n) is 3.13. The molecule has 0 heterocycles. The summed E-state index contributed by atoms with van der Waals surface area (Å²) in [6, 6.07) is 0. The van der Waals surface area contributed by atoms with Gasteiger partial charge in [-0.25, -0.2) is 0 Å². The second-order valence-electron chi connectivity index (χ2n) is 0.329. The molecule has 0 aromatic carbocycles. The maximum absolute atomic E-state index is 7.75. The van der Waals surface area contributed by atoms with E-state index in [1.54, 1.807) is 0 Å². The van der Waals surface area contributed by atoms with Gasteiger partial charge in [0.25, 0.3) is 0 Å². The Morgan fingerprint density at radius 3 is 1.67 bits per heavy atom. The first-order valence-corrected chi connectivity index (χ1v) is 2.83. The second kappa shape index (κ2) is 20.2. The Kier molecular flexibility index (Phi) is 31.5. The minimum Gasteiger partial charge on any atom is -0.545 e. The molecule has 0 aromatic rings. The molecule has 0 aliphatic heterocycles. The maximum atomic E-state index is 7.75. The SMILES string of the molecule is [CH-]=C[CH]=[W].[CH-]=O. The Morgan fingerprint density at radius 2 is 1.67 bits per heavy atom. The summed E-state index contributed by atoms with van der Waals surface area (Å²) >= 11 is 1.40. The molecule has 0 bridgehead atoms. The van der Waals surface area contributed by atoms with Crippen molar-refractivity contribution in [2.45, 2.75) is 0 Å². The molecule has 6 heavy (non-hydrogen) atoms. The van der Waals surface area contributed by atoms with Crippen LogP contribution in [-0.2, 0) is 24.1 Å². The van der Waals surface area contributed by atoms with Crippen molar-refractivity contribution >= 4 is 11.2 Å². The predicted molar refractivity (Wildman–Crippen MR) is 21.7 cm³/mol. The van der Waals surface area contributed by atoms with Gasteiger partial charge in [-0.2, -0.15) is 0 Å². The fourth-order valence-electron chi connectivity index (χ4n) is 0. The van der Waals surface area contributed by atoms with E-state index in [0.717, 1.165) is 0 Å². The molecular formula is C4H4OW-2. The monoisotopic (exact) mass is 252 g/mol. The van der Waals surface area contributed by atoms with Gasteiger partial charge in [0, 0.05) is 0 Å². The first-order valence-electron chi connectivity index (χ1n) is 1.14. The summed E-state index contributed by atoms with van der Waals surface area (Å²) in [5, 5.41) is 0. The van der Waals surface area contributed by atoms with E-state index in [9.17, 15) is 0 Å². The van der Waals surface area contributed by atoms with E-state index >= 15 is 0 Å². The third-order valence-electron chi connectivity index (χ3n) is 0.0786. The van der Waals surface area contributed by atoms with Crippen molar-refractivity contribution in [3.8, 4) is 0 Å². The van der Waals surface area contributed by atoms with Crippen molar-refractivity contribution < 1.29 is 24.1 Å². The Morgan fingerprint density at radius 1 is 1.50 bits per heavy atom. The zero-order valence-corrected chi connectivity index (χ0v) is 6.06. The Bertz CT molecular complexity index is 36.8. The van der Waals surface area contributed by atoms with Crippen molar-refractivity contribution in [2.24, 2.45) is 0 Å². The molecule has 0 aliphatic rings. The van der Waals surface area contributed by atoms with Crippen molar-refractivity contribution in [3.05, 3.63) is 12.7 Å². The van der Waals surface area contributed by atoms with Crippen molar-refractivity contribution in [1.29, 1.82) is 0 Å². The van der Waals surface area contributed by atoms with Gasteiger partial charge < -0.3 is 4.79 Å².